The molecule has 3 rings (SSSR count). The average Bonchev–Trinajstić information content (AvgIpc) is 2.88. The number of nitrogens with zero attached hydrogens (tertiary/aromatic N) is 1. The summed E-state index contributed by atoms with van der Waals surface area (Å²) in [6, 6.07) is 15.0. The van der Waals surface area contributed by atoms with Crippen molar-refractivity contribution >= 4 is 10.8 Å². The van der Waals surface area contributed by atoms with E-state index in [0.717, 1.165) is 13.0 Å². The van der Waals surface area contributed by atoms with Crippen LogP contribution in [-0.2, 0) is 11.4 Å². The van der Waals surface area contributed by atoms with Crippen LogP contribution in [0.5, 0.6) is 0 Å². The Kier molecular flexibility index (Phi) is 4.46. The molecule has 3 heteroatoms. The molecular formula is C19H24N2O. The number of nitrogens with two attached hydrogens (primary N) is 1. The second-order valence-corrected chi connectivity index (χ2v) is 6.29. The Morgan fingerprint density at radius 3 is 2.73 bits per heavy atom. The second kappa shape index (κ2) is 6.51. The maximum atomic E-state index is 5.98. The standard InChI is InChI=1S/C19H24N2O/c1-14(2)9-18-11-19(12-20)22-21(18)13-15-7-8-16-5-3-4-6-17(16)10-15/h3-10,14,19H,11-13,20H2,1-2H3/b18-9+. The third-order valence-corrected chi connectivity index (χ3v) is 3.96. The topological polar surface area (TPSA) is 38.5 Å². The van der Waals surface area contributed by atoms with Crippen LogP contribution in [0.15, 0.2) is 54.2 Å². The average molecular weight is 296 g/mol. The third kappa shape index (κ3) is 3.32. The predicted octanol–water partition coefficient (Wildman–Crippen LogP) is 3.84. The zero-order valence-corrected chi connectivity index (χ0v) is 13.3. The van der Waals surface area contributed by atoms with Gasteiger partial charge < -0.3 is 5.73 Å². The first kappa shape index (κ1) is 15.1. The molecular weight excluding hydrogens is 272 g/mol. The molecule has 0 spiro atoms. The van der Waals surface area contributed by atoms with Gasteiger partial charge in [0.2, 0.25) is 0 Å². The van der Waals surface area contributed by atoms with E-state index in [0.29, 0.717) is 12.5 Å². The summed E-state index contributed by atoms with van der Waals surface area (Å²) in [5.41, 5.74) is 8.28. The second-order valence-electron chi connectivity index (χ2n) is 6.29. The molecule has 2 aromatic rings. The van der Waals surface area contributed by atoms with E-state index >= 15 is 0 Å². The molecule has 1 saturated heterocycles. The Balaban J connectivity index is 1.82. The molecule has 3 nitrogen and oxygen atoms in total. The van der Waals surface area contributed by atoms with Crippen LogP contribution in [0.1, 0.15) is 25.8 Å². The molecule has 2 aromatic carbocycles. The molecule has 1 fully saturated rings. The number of hydrogen-bond donors (Lipinski definition) is 1. The van der Waals surface area contributed by atoms with Crippen LogP contribution in [0.25, 0.3) is 10.8 Å². The molecule has 1 unspecified atom stereocenters. The number of benzene rings is 2. The lowest BCUT2D eigenvalue weighted by atomic mass is 10.1. The molecule has 0 aliphatic carbocycles. The third-order valence-electron chi connectivity index (χ3n) is 3.96. The van der Waals surface area contributed by atoms with Gasteiger partial charge in [-0.3, -0.25) is 9.90 Å². The lowest BCUT2D eigenvalue weighted by Gasteiger charge is -2.20. The zero-order chi connectivity index (χ0) is 15.5. The summed E-state index contributed by atoms with van der Waals surface area (Å²) in [4.78, 5) is 5.98. The van der Waals surface area contributed by atoms with Crippen molar-refractivity contribution in [1.82, 2.24) is 5.06 Å². The molecule has 0 aromatic heterocycles. The van der Waals surface area contributed by atoms with E-state index in [1.807, 2.05) is 5.06 Å². The number of rotatable bonds is 4. The Morgan fingerprint density at radius 2 is 2.00 bits per heavy atom. The van der Waals surface area contributed by atoms with Gasteiger partial charge in [-0.2, -0.15) is 0 Å². The van der Waals surface area contributed by atoms with Gasteiger partial charge in [-0.1, -0.05) is 56.3 Å². The van der Waals surface area contributed by atoms with Gasteiger partial charge in [0.1, 0.15) is 6.10 Å². The van der Waals surface area contributed by atoms with Crippen molar-refractivity contribution < 1.29 is 4.84 Å². The minimum Gasteiger partial charge on any atom is -0.328 e. The molecule has 2 N–H and O–H groups in total. The Morgan fingerprint density at radius 1 is 1.23 bits per heavy atom. The fourth-order valence-corrected chi connectivity index (χ4v) is 2.92. The van der Waals surface area contributed by atoms with Gasteiger partial charge >= 0.3 is 0 Å². The molecule has 1 aliphatic heterocycles. The normalized spacial score (nSPS) is 20.5. The zero-order valence-electron chi connectivity index (χ0n) is 13.3. The highest BCUT2D eigenvalue weighted by molar-refractivity contribution is 5.82. The van der Waals surface area contributed by atoms with Crippen LogP contribution in [-0.4, -0.2) is 17.7 Å². The number of hydrogen-bond acceptors (Lipinski definition) is 3. The van der Waals surface area contributed by atoms with E-state index in [4.69, 9.17) is 10.6 Å². The molecule has 0 bridgehead atoms. The minimum atomic E-state index is 0.102. The summed E-state index contributed by atoms with van der Waals surface area (Å²) in [5, 5.41) is 4.55. The maximum Gasteiger partial charge on any atom is 0.103 e. The van der Waals surface area contributed by atoms with Gasteiger partial charge in [0.05, 0.1) is 6.54 Å². The summed E-state index contributed by atoms with van der Waals surface area (Å²) >= 11 is 0. The van der Waals surface area contributed by atoms with Crippen LogP contribution < -0.4 is 5.73 Å². The van der Waals surface area contributed by atoms with Gasteiger partial charge in [-0.25, -0.2) is 0 Å². The van der Waals surface area contributed by atoms with Crippen molar-refractivity contribution in [3.8, 4) is 0 Å². The molecule has 0 amide bonds. The van der Waals surface area contributed by atoms with Crippen molar-refractivity contribution in [3.05, 3.63) is 59.8 Å². The predicted molar refractivity (Wildman–Crippen MR) is 91.0 cm³/mol. The van der Waals surface area contributed by atoms with Crippen molar-refractivity contribution in [2.75, 3.05) is 6.54 Å². The minimum absolute atomic E-state index is 0.102. The van der Waals surface area contributed by atoms with E-state index < -0.39 is 0 Å². The smallest absolute Gasteiger partial charge is 0.103 e. The van der Waals surface area contributed by atoms with Gasteiger partial charge in [-0.15, -0.1) is 0 Å². The van der Waals surface area contributed by atoms with Gasteiger partial charge in [-0.05, 0) is 28.3 Å². The quantitative estimate of drug-likeness (QED) is 0.931. The van der Waals surface area contributed by atoms with E-state index in [1.165, 1.54) is 22.0 Å². The Labute approximate surface area is 132 Å². The van der Waals surface area contributed by atoms with Crippen LogP contribution in [0, 0.1) is 5.92 Å². The highest BCUT2D eigenvalue weighted by Gasteiger charge is 2.27. The summed E-state index contributed by atoms with van der Waals surface area (Å²) in [6.07, 6.45) is 3.28. The molecule has 1 atom stereocenters. The largest absolute Gasteiger partial charge is 0.328 e. The first-order valence-corrected chi connectivity index (χ1v) is 7.98. The van der Waals surface area contributed by atoms with Crippen LogP contribution in [0.2, 0.25) is 0 Å². The van der Waals surface area contributed by atoms with E-state index in [1.54, 1.807) is 0 Å². The number of fused-ring (bicyclic) bond motifs is 1. The number of allylic oxidation sites excluding steroid dienone is 1. The first-order valence-electron chi connectivity index (χ1n) is 7.98. The Bertz CT molecular complexity index is 678. The monoisotopic (exact) mass is 296 g/mol. The van der Waals surface area contributed by atoms with Crippen molar-refractivity contribution in [3.63, 3.8) is 0 Å². The lowest BCUT2D eigenvalue weighted by Crippen LogP contribution is -2.23. The van der Waals surface area contributed by atoms with Crippen LogP contribution in [0.4, 0.5) is 0 Å². The SMILES string of the molecule is CC(C)/C=C1\CC(CN)ON1Cc1ccc2ccccc2c1. The number of hydroxylamine groups is 2. The van der Waals surface area contributed by atoms with Crippen LogP contribution in [0.3, 0.4) is 0 Å². The van der Waals surface area contributed by atoms with Gasteiger partial charge in [0, 0.05) is 18.7 Å². The van der Waals surface area contributed by atoms with E-state index in [2.05, 4.69) is 62.4 Å². The fourth-order valence-electron chi connectivity index (χ4n) is 2.92. The molecule has 116 valence electrons. The molecule has 0 saturated carbocycles. The first-order chi connectivity index (χ1) is 10.7. The molecule has 0 radical (unpaired) electrons. The summed E-state index contributed by atoms with van der Waals surface area (Å²) in [5.74, 6) is 0.509. The van der Waals surface area contributed by atoms with Crippen molar-refractivity contribution in [2.45, 2.75) is 32.9 Å². The van der Waals surface area contributed by atoms with E-state index in [9.17, 15) is 0 Å². The van der Waals surface area contributed by atoms with Crippen LogP contribution >= 0.6 is 0 Å². The summed E-state index contributed by atoms with van der Waals surface area (Å²) < 4.78 is 0. The van der Waals surface area contributed by atoms with Crippen molar-refractivity contribution in [1.29, 1.82) is 0 Å². The molecule has 22 heavy (non-hydrogen) atoms. The highest BCUT2D eigenvalue weighted by Crippen LogP contribution is 2.28. The van der Waals surface area contributed by atoms with Crippen molar-refractivity contribution in [2.24, 2.45) is 11.7 Å². The lowest BCUT2D eigenvalue weighted by molar-refractivity contribution is -0.134. The molecule has 1 aliphatic rings. The fraction of sp³-hybridized carbons (Fsp3) is 0.368. The van der Waals surface area contributed by atoms with Gasteiger partial charge in [0.25, 0.3) is 0 Å². The van der Waals surface area contributed by atoms with E-state index in [-0.39, 0.29) is 6.10 Å². The maximum absolute atomic E-state index is 5.98. The summed E-state index contributed by atoms with van der Waals surface area (Å²) in [6.45, 7) is 5.71. The summed E-state index contributed by atoms with van der Waals surface area (Å²) in [7, 11) is 0. The molecule has 1 heterocycles. The Hall–Kier alpha value is -1.84. The van der Waals surface area contributed by atoms with Gasteiger partial charge in [0.15, 0.2) is 0 Å². The highest BCUT2D eigenvalue weighted by atomic mass is 16.7.